The number of allylic oxidation sites excluding steroid dienone is 1. The van der Waals surface area contributed by atoms with E-state index < -0.39 is 13.9 Å². The van der Waals surface area contributed by atoms with Gasteiger partial charge in [0, 0.05) is 29.6 Å². The Balaban J connectivity index is 0. The summed E-state index contributed by atoms with van der Waals surface area (Å²) in [6.45, 7) is 11.5. The average Bonchev–Trinajstić information content (AvgIpc) is 1.99. The summed E-state index contributed by atoms with van der Waals surface area (Å²) >= 11 is 0. The molecule has 1 N–H and O–H groups in total. The Kier molecular flexibility index (Phi) is 7.53. The number of hydrogen-bond donors (Lipinski definition) is 1. The Morgan fingerprint density at radius 2 is 1.81 bits per heavy atom. The van der Waals surface area contributed by atoms with Crippen LogP contribution in [-0.4, -0.2) is 24.8 Å². The third-order valence-electron chi connectivity index (χ3n) is 1.82. The fraction of sp³-hybridized carbons (Fsp3) is 0.727. The van der Waals surface area contributed by atoms with E-state index in [1.807, 2.05) is 19.6 Å². The largest absolute Gasteiger partial charge is 0.509 e. The molecule has 0 heterocycles. The van der Waals surface area contributed by atoms with Crippen molar-refractivity contribution in [2.24, 2.45) is 0 Å². The van der Waals surface area contributed by atoms with E-state index in [-0.39, 0.29) is 28.6 Å². The molecule has 0 saturated heterocycles. The van der Waals surface area contributed by atoms with E-state index in [0.29, 0.717) is 6.42 Å². The Morgan fingerprint density at radius 1 is 1.38 bits per heavy atom. The van der Waals surface area contributed by atoms with E-state index in [2.05, 4.69) is 0 Å². The van der Waals surface area contributed by atoms with Gasteiger partial charge in [-0.2, -0.15) is 0 Å². The Labute approximate surface area is 110 Å². The molecule has 0 aliphatic carbocycles. The quantitative estimate of drug-likeness (QED) is 0.481. The van der Waals surface area contributed by atoms with Gasteiger partial charge in [-0.15, -0.1) is 0 Å². The molecule has 0 unspecified atom stereocenters. The number of carbonyl (C=O) groups excluding carboxylic acids is 1. The summed E-state index contributed by atoms with van der Waals surface area (Å²) in [5.74, 6) is -0.0727. The number of carbonyl (C=O) groups is 1. The van der Waals surface area contributed by atoms with Crippen LogP contribution in [-0.2, 0) is 26.3 Å². The number of hydrogen-bond acceptors (Lipinski definition) is 3. The number of aliphatic hydroxyl groups excluding tert-OH is 1. The smallest absolute Gasteiger partial charge is 0.185 e. The Hall–Kier alpha value is -0.0936. The van der Waals surface area contributed by atoms with Crippen LogP contribution in [0.4, 0.5) is 0 Å². The van der Waals surface area contributed by atoms with Gasteiger partial charge < -0.3 is 9.53 Å². The van der Waals surface area contributed by atoms with Crippen molar-refractivity contribution in [3.05, 3.63) is 11.8 Å². The van der Waals surface area contributed by atoms with Crippen molar-refractivity contribution in [1.82, 2.24) is 0 Å². The van der Waals surface area contributed by atoms with E-state index in [1.54, 1.807) is 20.8 Å². The van der Waals surface area contributed by atoms with Crippen molar-refractivity contribution in [1.29, 1.82) is 0 Å². The van der Waals surface area contributed by atoms with Crippen molar-refractivity contribution in [3.8, 4) is 0 Å². The van der Waals surface area contributed by atoms with Gasteiger partial charge in [-0.3, -0.25) is 4.79 Å². The molecule has 99 valence electrons. The van der Waals surface area contributed by atoms with Gasteiger partial charge in [0.15, 0.2) is 14.1 Å². The van der Waals surface area contributed by atoms with Crippen LogP contribution in [0.15, 0.2) is 11.8 Å². The predicted molar refractivity (Wildman–Crippen MR) is 64.5 cm³/mol. The molecule has 1 radical (unpaired) electrons. The molecule has 0 bridgehead atoms. The SMILES string of the molecule is CCC(=O)/C=C(\O)C(C)(C)O[Si](C)(C)C.[Cu]. The molecular weight excluding hydrogens is 272 g/mol. The molecule has 0 aromatic heterocycles. The van der Waals surface area contributed by atoms with E-state index in [0.717, 1.165) is 0 Å². The van der Waals surface area contributed by atoms with E-state index in [4.69, 9.17) is 4.43 Å². The van der Waals surface area contributed by atoms with Crippen LogP contribution in [0.1, 0.15) is 27.2 Å². The first-order chi connectivity index (χ1) is 6.58. The van der Waals surface area contributed by atoms with E-state index >= 15 is 0 Å². The first-order valence-corrected chi connectivity index (χ1v) is 8.63. The summed E-state index contributed by atoms with van der Waals surface area (Å²) in [5, 5.41) is 9.78. The fourth-order valence-corrected chi connectivity index (χ4v) is 2.88. The van der Waals surface area contributed by atoms with Crippen LogP contribution in [0.2, 0.25) is 19.6 Å². The normalized spacial score (nSPS) is 13.2. The molecule has 16 heavy (non-hydrogen) atoms. The second-order valence-electron chi connectivity index (χ2n) is 5.07. The molecule has 0 aliphatic heterocycles. The summed E-state index contributed by atoms with van der Waals surface area (Å²) < 4.78 is 5.80. The maximum atomic E-state index is 11.2. The topological polar surface area (TPSA) is 46.5 Å². The second kappa shape index (κ2) is 6.60. The van der Waals surface area contributed by atoms with Crippen molar-refractivity contribution in [2.75, 3.05) is 0 Å². The predicted octanol–water partition coefficient (Wildman–Crippen LogP) is 3.04. The molecule has 0 spiro atoms. The summed E-state index contributed by atoms with van der Waals surface area (Å²) in [5.41, 5.74) is -0.769. The van der Waals surface area contributed by atoms with Gasteiger partial charge >= 0.3 is 0 Å². The summed E-state index contributed by atoms with van der Waals surface area (Å²) in [7, 11) is -1.73. The van der Waals surface area contributed by atoms with Crippen LogP contribution >= 0.6 is 0 Å². The van der Waals surface area contributed by atoms with E-state index in [9.17, 15) is 9.90 Å². The fourth-order valence-electron chi connectivity index (χ4n) is 1.25. The molecule has 0 aliphatic rings. The average molecular weight is 294 g/mol. The van der Waals surface area contributed by atoms with Gasteiger partial charge in [0.25, 0.3) is 0 Å². The molecule has 0 rings (SSSR count). The third-order valence-corrected chi connectivity index (χ3v) is 2.95. The molecule has 5 heteroatoms. The van der Waals surface area contributed by atoms with Crippen molar-refractivity contribution >= 4 is 14.1 Å². The van der Waals surface area contributed by atoms with Crippen molar-refractivity contribution in [2.45, 2.75) is 52.4 Å². The first-order valence-electron chi connectivity index (χ1n) is 5.22. The first kappa shape index (κ1) is 18.3. The maximum Gasteiger partial charge on any atom is 0.185 e. The maximum absolute atomic E-state index is 11.2. The van der Waals surface area contributed by atoms with E-state index in [1.165, 1.54) is 6.08 Å². The van der Waals surface area contributed by atoms with Crippen molar-refractivity contribution in [3.63, 3.8) is 0 Å². The monoisotopic (exact) mass is 293 g/mol. The minimum atomic E-state index is -1.73. The number of aliphatic hydroxyl groups is 1. The second-order valence-corrected chi connectivity index (χ2v) is 9.50. The minimum absolute atomic E-state index is 0. The van der Waals surface area contributed by atoms with Gasteiger partial charge in [0.2, 0.25) is 0 Å². The van der Waals surface area contributed by atoms with Gasteiger partial charge in [0.05, 0.1) is 0 Å². The minimum Gasteiger partial charge on any atom is -0.509 e. The van der Waals surface area contributed by atoms with Crippen LogP contribution < -0.4 is 0 Å². The van der Waals surface area contributed by atoms with Gasteiger partial charge in [-0.25, -0.2) is 0 Å². The molecular formula is C11H22CuO3Si. The molecule has 3 nitrogen and oxygen atoms in total. The molecule has 0 saturated carbocycles. The van der Waals surface area contributed by atoms with Crippen LogP contribution in [0, 0.1) is 0 Å². The van der Waals surface area contributed by atoms with Crippen LogP contribution in [0.5, 0.6) is 0 Å². The Bertz CT molecular complexity index is 267. The van der Waals surface area contributed by atoms with Gasteiger partial charge in [-0.05, 0) is 33.5 Å². The standard InChI is InChI=1S/C11H22O3Si.Cu/c1-7-9(12)8-10(13)11(2,3)14-15(4,5)6;/h8,13H,7H2,1-6H3;/b10-8-;. The summed E-state index contributed by atoms with van der Waals surface area (Å²) in [6, 6.07) is 0. The summed E-state index contributed by atoms with van der Waals surface area (Å²) in [4.78, 5) is 11.2. The third kappa shape index (κ3) is 7.22. The van der Waals surface area contributed by atoms with Crippen LogP contribution in [0.25, 0.3) is 0 Å². The zero-order valence-electron chi connectivity index (χ0n) is 10.8. The number of rotatable bonds is 5. The number of ketones is 1. The molecule has 0 fully saturated rings. The zero-order valence-corrected chi connectivity index (χ0v) is 12.8. The molecule has 0 aromatic carbocycles. The van der Waals surface area contributed by atoms with Gasteiger partial charge in [-0.1, -0.05) is 6.92 Å². The molecule has 0 aromatic rings. The summed E-state index contributed by atoms with van der Waals surface area (Å²) in [6.07, 6.45) is 1.66. The van der Waals surface area contributed by atoms with Crippen LogP contribution in [0.3, 0.4) is 0 Å². The molecule has 0 atom stereocenters. The molecule has 0 amide bonds. The van der Waals surface area contributed by atoms with Gasteiger partial charge in [0.1, 0.15) is 11.4 Å². The Morgan fingerprint density at radius 3 is 2.12 bits per heavy atom. The van der Waals surface area contributed by atoms with Crippen molar-refractivity contribution < 1.29 is 31.4 Å². The zero-order chi connectivity index (χ0) is 12.3.